The summed E-state index contributed by atoms with van der Waals surface area (Å²) in [6.45, 7) is 1.80. The van der Waals surface area contributed by atoms with Gasteiger partial charge in [0.2, 0.25) is 0 Å². The van der Waals surface area contributed by atoms with Crippen LogP contribution in [-0.4, -0.2) is 11.1 Å². The largest absolute Gasteiger partial charge is 0.481 e. The first-order valence-corrected chi connectivity index (χ1v) is 5.40. The van der Waals surface area contributed by atoms with Gasteiger partial charge in [0.1, 0.15) is 0 Å². The molecule has 3 heteroatoms. The third-order valence-electron chi connectivity index (χ3n) is 3.24. The van der Waals surface area contributed by atoms with Gasteiger partial charge in [0.05, 0.1) is 5.41 Å². The number of fused-ring (bicyclic) bond motifs is 1. The zero-order valence-electron chi connectivity index (χ0n) is 8.59. The second-order valence-electron chi connectivity index (χ2n) is 4.42. The zero-order chi connectivity index (χ0) is 11.1. The SMILES string of the molecule is CC1(C(=O)O)CCc2c(Cl)cccc2C1. The molecule has 1 aromatic rings. The van der Waals surface area contributed by atoms with Crippen molar-refractivity contribution in [1.82, 2.24) is 0 Å². The maximum Gasteiger partial charge on any atom is 0.309 e. The number of carbonyl (C=O) groups is 1. The molecule has 1 unspecified atom stereocenters. The molecule has 1 N–H and O–H groups in total. The second-order valence-corrected chi connectivity index (χ2v) is 4.83. The quantitative estimate of drug-likeness (QED) is 0.797. The molecule has 2 nitrogen and oxygen atoms in total. The predicted molar refractivity (Wildman–Crippen MR) is 59.2 cm³/mol. The number of benzene rings is 1. The van der Waals surface area contributed by atoms with Crippen LogP contribution in [-0.2, 0) is 17.6 Å². The lowest BCUT2D eigenvalue weighted by atomic mass is 9.73. The monoisotopic (exact) mass is 224 g/mol. The van der Waals surface area contributed by atoms with Crippen LogP contribution < -0.4 is 0 Å². The molecule has 0 radical (unpaired) electrons. The van der Waals surface area contributed by atoms with Crippen LogP contribution in [0.1, 0.15) is 24.5 Å². The second kappa shape index (κ2) is 3.53. The van der Waals surface area contributed by atoms with Gasteiger partial charge in [0.15, 0.2) is 0 Å². The summed E-state index contributed by atoms with van der Waals surface area (Å²) in [5.41, 5.74) is 1.58. The zero-order valence-corrected chi connectivity index (χ0v) is 9.34. The van der Waals surface area contributed by atoms with E-state index in [-0.39, 0.29) is 0 Å². The summed E-state index contributed by atoms with van der Waals surface area (Å²) < 4.78 is 0. The van der Waals surface area contributed by atoms with Gasteiger partial charge in [-0.05, 0) is 43.4 Å². The normalized spacial score (nSPS) is 24.7. The number of hydrogen-bond acceptors (Lipinski definition) is 1. The number of aliphatic carboxylic acids is 1. The van der Waals surface area contributed by atoms with E-state index in [0.717, 1.165) is 22.6 Å². The van der Waals surface area contributed by atoms with Crippen molar-refractivity contribution in [2.45, 2.75) is 26.2 Å². The lowest BCUT2D eigenvalue weighted by Crippen LogP contribution is -2.34. The van der Waals surface area contributed by atoms with Crippen LogP contribution in [0.3, 0.4) is 0 Å². The summed E-state index contributed by atoms with van der Waals surface area (Å²) in [7, 11) is 0. The van der Waals surface area contributed by atoms with Crippen LogP contribution in [0.2, 0.25) is 5.02 Å². The molecule has 0 spiro atoms. The van der Waals surface area contributed by atoms with Crippen molar-refractivity contribution in [2.24, 2.45) is 5.41 Å². The van der Waals surface area contributed by atoms with Gasteiger partial charge in [-0.15, -0.1) is 0 Å². The Morgan fingerprint density at radius 1 is 1.53 bits per heavy atom. The summed E-state index contributed by atoms with van der Waals surface area (Å²) >= 11 is 6.07. The average molecular weight is 225 g/mol. The van der Waals surface area contributed by atoms with E-state index in [9.17, 15) is 4.79 Å². The third-order valence-corrected chi connectivity index (χ3v) is 3.59. The lowest BCUT2D eigenvalue weighted by molar-refractivity contribution is -0.148. The van der Waals surface area contributed by atoms with Gasteiger partial charge in [-0.3, -0.25) is 4.79 Å². The summed E-state index contributed by atoms with van der Waals surface area (Å²) in [6, 6.07) is 5.72. The first-order chi connectivity index (χ1) is 7.03. The molecule has 0 saturated heterocycles. The first kappa shape index (κ1) is 10.5. The van der Waals surface area contributed by atoms with Crippen molar-refractivity contribution in [1.29, 1.82) is 0 Å². The van der Waals surface area contributed by atoms with Crippen LogP contribution in [0, 0.1) is 5.41 Å². The maximum atomic E-state index is 11.1. The van der Waals surface area contributed by atoms with E-state index >= 15 is 0 Å². The molecule has 0 heterocycles. The summed E-state index contributed by atoms with van der Waals surface area (Å²) in [4.78, 5) is 11.1. The van der Waals surface area contributed by atoms with Crippen molar-refractivity contribution >= 4 is 17.6 Å². The van der Waals surface area contributed by atoms with Crippen molar-refractivity contribution in [3.05, 3.63) is 34.3 Å². The molecule has 15 heavy (non-hydrogen) atoms. The van der Waals surface area contributed by atoms with Crippen LogP contribution in [0.15, 0.2) is 18.2 Å². The van der Waals surface area contributed by atoms with Gasteiger partial charge < -0.3 is 5.11 Å². The van der Waals surface area contributed by atoms with Crippen molar-refractivity contribution in [2.75, 3.05) is 0 Å². The Labute approximate surface area is 93.9 Å². The summed E-state index contributed by atoms with van der Waals surface area (Å²) in [5.74, 6) is -0.715. The van der Waals surface area contributed by atoms with Gasteiger partial charge in [-0.25, -0.2) is 0 Å². The Hall–Kier alpha value is -1.02. The molecule has 0 bridgehead atoms. The van der Waals surface area contributed by atoms with Crippen LogP contribution in [0.5, 0.6) is 0 Å². The molecule has 1 aliphatic carbocycles. The molecule has 1 atom stereocenters. The molecule has 0 amide bonds. The highest BCUT2D eigenvalue weighted by Gasteiger charge is 2.37. The molecular formula is C12H13ClO2. The molecule has 0 fully saturated rings. The molecule has 0 aromatic heterocycles. The summed E-state index contributed by atoms with van der Waals surface area (Å²) in [5, 5.41) is 9.92. The Balaban J connectivity index is 2.39. The number of carboxylic acid groups (broad SMARTS) is 1. The van der Waals surface area contributed by atoms with Gasteiger partial charge in [0.25, 0.3) is 0 Å². The van der Waals surface area contributed by atoms with E-state index in [1.807, 2.05) is 18.2 Å². The lowest BCUT2D eigenvalue weighted by Gasteiger charge is -2.31. The fraction of sp³-hybridized carbons (Fsp3) is 0.417. The molecule has 0 aliphatic heterocycles. The minimum atomic E-state index is -0.715. The van der Waals surface area contributed by atoms with E-state index in [1.165, 1.54) is 0 Å². The minimum absolute atomic E-state index is 0.582. The van der Waals surface area contributed by atoms with Gasteiger partial charge >= 0.3 is 5.97 Å². The highest BCUT2D eigenvalue weighted by Crippen LogP contribution is 2.37. The van der Waals surface area contributed by atoms with Gasteiger partial charge in [0, 0.05) is 5.02 Å². The highest BCUT2D eigenvalue weighted by molar-refractivity contribution is 6.31. The Morgan fingerprint density at radius 2 is 2.27 bits per heavy atom. The average Bonchev–Trinajstić information content (AvgIpc) is 2.17. The minimum Gasteiger partial charge on any atom is -0.481 e. The van der Waals surface area contributed by atoms with E-state index in [2.05, 4.69) is 0 Å². The molecule has 1 aliphatic rings. The van der Waals surface area contributed by atoms with E-state index in [4.69, 9.17) is 16.7 Å². The van der Waals surface area contributed by atoms with E-state index in [0.29, 0.717) is 12.8 Å². The Kier molecular flexibility index (Phi) is 2.47. The van der Waals surface area contributed by atoms with Gasteiger partial charge in [-0.1, -0.05) is 23.7 Å². The number of halogens is 1. The number of hydrogen-bond donors (Lipinski definition) is 1. The smallest absolute Gasteiger partial charge is 0.309 e. The molecule has 80 valence electrons. The molecule has 2 rings (SSSR count). The van der Waals surface area contributed by atoms with Crippen molar-refractivity contribution in [3.63, 3.8) is 0 Å². The number of rotatable bonds is 1. The van der Waals surface area contributed by atoms with E-state index < -0.39 is 11.4 Å². The third kappa shape index (κ3) is 1.74. The van der Waals surface area contributed by atoms with Crippen molar-refractivity contribution < 1.29 is 9.90 Å². The number of carboxylic acids is 1. The highest BCUT2D eigenvalue weighted by atomic mass is 35.5. The fourth-order valence-electron chi connectivity index (χ4n) is 2.14. The summed E-state index contributed by atoms with van der Waals surface area (Å²) in [6.07, 6.45) is 2.01. The van der Waals surface area contributed by atoms with Crippen molar-refractivity contribution in [3.8, 4) is 0 Å². The molecular weight excluding hydrogens is 212 g/mol. The van der Waals surface area contributed by atoms with Crippen LogP contribution in [0.4, 0.5) is 0 Å². The van der Waals surface area contributed by atoms with Crippen LogP contribution in [0.25, 0.3) is 0 Å². The standard InChI is InChI=1S/C12H13ClO2/c1-12(11(14)15)6-5-9-8(7-12)3-2-4-10(9)13/h2-4H,5-7H2,1H3,(H,14,15). The predicted octanol–water partition coefficient (Wildman–Crippen LogP) is 2.92. The van der Waals surface area contributed by atoms with E-state index in [1.54, 1.807) is 6.92 Å². The fourth-order valence-corrected chi connectivity index (χ4v) is 2.43. The van der Waals surface area contributed by atoms with Gasteiger partial charge in [-0.2, -0.15) is 0 Å². The molecule has 1 aromatic carbocycles. The first-order valence-electron chi connectivity index (χ1n) is 5.02. The Bertz CT molecular complexity index is 414. The molecule has 0 saturated carbocycles. The Morgan fingerprint density at radius 3 is 2.93 bits per heavy atom. The van der Waals surface area contributed by atoms with Crippen LogP contribution >= 0.6 is 11.6 Å². The topological polar surface area (TPSA) is 37.3 Å². The maximum absolute atomic E-state index is 11.1.